The Hall–Kier alpha value is -2.59. The Kier molecular flexibility index (Phi) is 5.72. The average molecular weight is 464 g/mol. The van der Waals surface area contributed by atoms with Crippen LogP contribution in [0.2, 0.25) is 10.0 Å². The van der Waals surface area contributed by atoms with Gasteiger partial charge < -0.3 is 10.6 Å². The van der Waals surface area contributed by atoms with E-state index in [1.54, 1.807) is 41.1 Å². The minimum Gasteiger partial charge on any atom is -0.319 e. The molecule has 1 aromatic carbocycles. The molecule has 0 fully saturated rings. The number of hydrogen-bond donors (Lipinski definition) is 2. The maximum Gasteiger partial charge on any atom is 0.267 e. The van der Waals surface area contributed by atoms with E-state index in [1.165, 1.54) is 22.7 Å². The molecule has 2 aromatic heterocycles. The van der Waals surface area contributed by atoms with E-state index in [2.05, 4.69) is 25.9 Å². The van der Waals surface area contributed by atoms with Gasteiger partial charge in [-0.1, -0.05) is 23.2 Å². The van der Waals surface area contributed by atoms with Gasteiger partial charge in [0.15, 0.2) is 12.5 Å². The number of hydrogen-bond acceptors (Lipinski definition) is 7. The fraction of sp³-hybridized carbons (Fsp3) is 0.0556. The number of carbonyl (C=O) groups is 2. The molecule has 29 heavy (non-hydrogen) atoms. The maximum absolute atomic E-state index is 12.7. The summed E-state index contributed by atoms with van der Waals surface area (Å²) in [7, 11) is 0. The summed E-state index contributed by atoms with van der Waals surface area (Å²) in [6, 6.07) is 8.37. The lowest BCUT2D eigenvalue weighted by molar-refractivity contribution is 0.102. The predicted octanol–water partition coefficient (Wildman–Crippen LogP) is 5.79. The molecule has 0 radical (unpaired) electrons. The van der Waals surface area contributed by atoms with Crippen molar-refractivity contribution in [3.8, 4) is 0 Å². The van der Waals surface area contributed by atoms with E-state index in [0.29, 0.717) is 42.6 Å². The largest absolute Gasteiger partial charge is 0.319 e. The molecule has 0 spiro atoms. The number of anilines is 2. The molecule has 146 valence electrons. The van der Waals surface area contributed by atoms with Crippen LogP contribution in [-0.2, 0) is 0 Å². The van der Waals surface area contributed by atoms with Gasteiger partial charge in [-0.05, 0) is 41.1 Å². The fourth-order valence-electron chi connectivity index (χ4n) is 2.54. The topological polar surface area (TPSA) is 95.3 Å². The predicted molar refractivity (Wildman–Crippen MR) is 117 cm³/mol. The van der Waals surface area contributed by atoms with Crippen molar-refractivity contribution >= 4 is 74.9 Å². The van der Waals surface area contributed by atoms with E-state index in [4.69, 9.17) is 23.2 Å². The number of nitrogens with one attached hydrogen (secondary N) is 2. The van der Waals surface area contributed by atoms with E-state index in [9.17, 15) is 9.59 Å². The summed E-state index contributed by atoms with van der Waals surface area (Å²) in [5.74, 6) is -0.309. The van der Waals surface area contributed by atoms with E-state index >= 15 is 0 Å². The summed E-state index contributed by atoms with van der Waals surface area (Å²) in [5.41, 5.74) is 1.44. The number of halogens is 2. The Labute approximate surface area is 183 Å². The molecule has 1 aliphatic rings. The quantitative estimate of drug-likeness (QED) is 0.500. The summed E-state index contributed by atoms with van der Waals surface area (Å²) in [5, 5.41) is 17.6. The van der Waals surface area contributed by atoms with E-state index in [-0.39, 0.29) is 18.5 Å². The highest BCUT2D eigenvalue weighted by atomic mass is 35.5. The number of thiophene rings is 2. The molecule has 4 rings (SSSR count). The van der Waals surface area contributed by atoms with Crippen LogP contribution in [0.25, 0.3) is 0 Å². The lowest BCUT2D eigenvalue weighted by Gasteiger charge is -2.13. The van der Waals surface area contributed by atoms with Crippen molar-refractivity contribution in [2.75, 3.05) is 17.3 Å². The smallest absolute Gasteiger partial charge is 0.267 e. The number of rotatable bonds is 5. The summed E-state index contributed by atoms with van der Waals surface area (Å²) < 4.78 is 0. The SMILES string of the molecule is O=C(Nc1ccc(C2=NCN=N2)cc1NC(=O)c1sccc1Cl)c1sccc1Cl. The Morgan fingerprint density at radius 1 is 0.897 bits per heavy atom. The van der Waals surface area contributed by atoms with Gasteiger partial charge in [-0.25, -0.2) is 4.99 Å². The van der Waals surface area contributed by atoms with Crippen molar-refractivity contribution in [2.45, 2.75) is 0 Å². The van der Waals surface area contributed by atoms with Gasteiger partial charge in [-0.15, -0.1) is 27.8 Å². The lowest BCUT2D eigenvalue weighted by Crippen LogP contribution is -2.16. The second kappa shape index (κ2) is 8.42. The number of nitrogens with zero attached hydrogens (tertiary/aromatic N) is 3. The molecule has 11 heteroatoms. The third-order valence-corrected chi connectivity index (χ3v) is 6.55. The highest BCUT2D eigenvalue weighted by molar-refractivity contribution is 7.13. The highest BCUT2D eigenvalue weighted by Crippen LogP contribution is 2.30. The minimum atomic E-state index is -0.387. The van der Waals surface area contributed by atoms with Crippen LogP contribution in [0.4, 0.5) is 11.4 Å². The van der Waals surface area contributed by atoms with E-state index < -0.39 is 0 Å². The summed E-state index contributed by atoms with van der Waals surface area (Å²) >= 11 is 14.6. The summed E-state index contributed by atoms with van der Waals surface area (Å²) in [6.45, 7) is 0.261. The Morgan fingerprint density at radius 2 is 1.52 bits per heavy atom. The summed E-state index contributed by atoms with van der Waals surface area (Å²) in [4.78, 5) is 30.2. The second-order valence-corrected chi connectivity index (χ2v) is 8.38. The molecule has 0 saturated carbocycles. The number of azo groups is 1. The third kappa shape index (κ3) is 4.23. The van der Waals surface area contributed by atoms with Crippen LogP contribution in [0, 0.1) is 0 Å². The molecule has 0 atom stereocenters. The van der Waals surface area contributed by atoms with E-state index in [0.717, 1.165) is 0 Å². The molecule has 1 aliphatic heterocycles. The lowest BCUT2D eigenvalue weighted by atomic mass is 10.1. The van der Waals surface area contributed by atoms with Crippen molar-refractivity contribution in [2.24, 2.45) is 15.2 Å². The Morgan fingerprint density at radius 3 is 2.03 bits per heavy atom. The molecule has 0 unspecified atom stereocenters. The van der Waals surface area contributed by atoms with Crippen molar-refractivity contribution in [1.29, 1.82) is 0 Å². The molecular formula is C18H11Cl2N5O2S2. The third-order valence-electron chi connectivity index (χ3n) is 3.87. The first-order chi connectivity index (χ1) is 14.0. The van der Waals surface area contributed by atoms with Crippen LogP contribution in [0.5, 0.6) is 0 Å². The Balaban J connectivity index is 1.67. The van der Waals surface area contributed by atoms with Crippen LogP contribution in [0.15, 0.2) is 56.3 Å². The van der Waals surface area contributed by atoms with Crippen molar-refractivity contribution in [1.82, 2.24) is 0 Å². The zero-order valence-corrected chi connectivity index (χ0v) is 17.6. The zero-order valence-electron chi connectivity index (χ0n) is 14.5. The van der Waals surface area contributed by atoms with Gasteiger partial charge in [-0.2, -0.15) is 5.11 Å². The van der Waals surface area contributed by atoms with Crippen LogP contribution in [-0.4, -0.2) is 24.3 Å². The molecule has 3 aromatic rings. The van der Waals surface area contributed by atoms with Gasteiger partial charge in [0.2, 0.25) is 0 Å². The standard InChI is InChI=1S/C18H11Cl2N5O2S2/c19-10-3-5-28-14(10)17(26)23-12-2-1-9(16-21-8-22-25-16)7-13(12)24-18(27)15-11(20)4-6-29-15/h1-7H,8H2,(H,23,26)(H,24,27). The monoisotopic (exact) mass is 463 g/mol. The maximum atomic E-state index is 12.7. The van der Waals surface area contributed by atoms with Crippen LogP contribution in [0.3, 0.4) is 0 Å². The number of carbonyl (C=O) groups excluding carboxylic acids is 2. The van der Waals surface area contributed by atoms with Crippen molar-refractivity contribution < 1.29 is 9.59 Å². The van der Waals surface area contributed by atoms with Gasteiger partial charge in [0.1, 0.15) is 9.75 Å². The first kappa shape index (κ1) is 19.7. The first-order valence-electron chi connectivity index (χ1n) is 8.18. The van der Waals surface area contributed by atoms with Crippen LogP contribution in [0.1, 0.15) is 24.9 Å². The molecule has 3 heterocycles. The molecule has 2 amide bonds. The van der Waals surface area contributed by atoms with Gasteiger partial charge in [0, 0.05) is 5.56 Å². The van der Waals surface area contributed by atoms with Crippen molar-refractivity contribution in [3.63, 3.8) is 0 Å². The molecular weight excluding hydrogens is 453 g/mol. The fourth-order valence-corrected chi connectivity index (χ4v) is 4.62. The minimum absolute atomic E-state index is 0.261. The van der Waals surface area contributed by atoms with Gasteiger partial charge in [-0.3, -0.25) is 9.59 Å². The zero-order chi connectivity index (χ0) is 20.4. The normalized spacial score (nSPS) is 12.7. The molecule has 0 bridgehead atoms. The Bertz CT molecular complexity index is 1170. The number of benzene rings is 1. The number of amides is 2. The second-order valence-electron chi connectivity index (χ2n) is 5.73. The number of amidine groups is 1. The molecule has 0 aliphatic carbocycles. The highest BCUT2D eigenvalue weighted by Gasteiger charge is 2.19. The van der Waals surface area contributed by atoms with E-state index in [1.807, 2.05) is 0 Å². The average Bonchev–Trinajstić information content (AvgIpc) is 3.44. The van der Waals surface area contributed by atoms with Gasteiger partial charge in [0.05, 0.1) is 21.4 Å². The van der Waals surface area contributed by atoms with Crippen molar-refractivity contribution in [3.05, 3.63) is 66.5 Å². The van der Waals surface area contributed by atoms with Crippen LogP contribution >= 0.6 is 45.9 Å². The molecule has 2 N–H and O–H groups in total. The van der Waals surface area contributed by atoms with Gasteiger partial charge in [0.25, 0.3) is 11.8 Å². The summed E-state index contributed by atoms with van der Waals surface area (Å²) in [6.07, 6.45) is 0. The molecule has 0 saturated heterocycles. The van der Waals surface area contributed by atoms with Crippen LogP contribution < -0.4 is 10.6 Å². The first-order valence-corrected chi connectivity index (χ1v) is 10.7. The number of aliphatic imine (C=N–C) groups is 1. The van der Waals surface area contributed by atoms with Gasteiger partial charge >= 0.3 is 0 Å². The molecule has 7 nitrogen and oxygen atoms in total.